The Labute approximate surface area is 181 Å². The van der Waals surface area contributed by atoms with E-state index in [1.165, 1.54) is 64.2 Å². The summed E-state index contributed by atoms with van der Waals surface area (Å²) in [5.41, 5.74) is 0. The monoisotopic (exact) mass is 414 g/mol. The molecule has 0 saturated heterocycles. The van der Waals surface area contributed by atoms with Crippen LogP contribution >= 0.6 is 0 Å². The summed E-state index contributed by atoms with van der Waals surface area (Å²) in [6, 6.07) is 0. The first-order chi connectivity index (χ1) is 14.3. The van der Waals surface area contributed by atoms with Gasteiger partial charge in [-0.25, -0.2) is 0 Å². The normalized spacial score (nSPS) is 11.7. The molecular formula is C25H50O4. The van der Waals surface area contributed by atoms with Crippen LogP contribution in [0.25, 0.3) is 0 Å². The van der Waals surface area contributed by atoms with Crippen LogP contribution < -0.4 is 0 Å². The highest BCUT2D eigenvalue weighted by Gasteiger charge is 2.08. The summed E-state index contributed by atoms with van der Waals surface area (Å²) in [5.74, 6) is 0. The lowest BCUT2D eigenvalue weighted by atomic mass is 10.1. The van der Waals surface area contributed by atoms with Gasteiger partial charge in [0.05, 0.1) is 12.9 Å². The summed E-state index contributed by atoms with van der Waals surface area (Å²) in [5, 5.41) is 0. The molecule has 0 aromatic carbocycles. The second-order valence-electron chi connectivity index (χ2n) is 7.85. The van der Waals surface area contributed by atoms with E-state index in [1.807, 2.05) is 0 Å². The molecule has 0 rings (SSSR count). The van der Waals surface area contributed by atoms with Crippen LogP contribution in [-0.2, 0) is 18.9 Å². The molecule has 0 aromatic heterocycles. The Bertz CT molecular complexity index is 312. The minimum atomic E-state index is 0.00960. The van der Waals surface area contributed by atoms with E-state index in [0.29, 0.717) is 6.79 Å². The molecule has 0 aliphatic carbocycles. The highest BCUT2D eigenvalue weighted by atomic mass is 16.7. The first-order valence-corrected chi connectivity index (χ1v) is 12.4. The maximum atomic E-state index is 5.78. The standard InChI is InChI=1S/C25H50O4/c1-4-7-8-17-22-26-24-27-23-18-15-13-11-9-10-12-14-16-19-25(28-20-5-2)29-21-6-3/h18,23,25H,4-17,19-22,24H2,1-3H3. The molecule has 0 bridgehead atoms. The number of hydrogen-bond acceptors (Lipinski definition) is 4. The first kappa shape index (κ1) is 28.4. The van der Waals surface area contributed by atoms with Crippen molar-refractivity contribution in [3.8, 4) is 0 Å². The van der Waals surface area contributed by atoms with Crippen molar-refractivity contribution in [3.63, 3.8) is 0 Å². The van der Waals surface area contributed by atoms with E-state index in [2.05, 4.69) is 26.8 Å². The van der Waals surface area contributed by atoms with Gasteiger partial charge in [-0.2, -0.15) is 0 Å². The van der Waals surface area contributed by atoms with Crippen molar-refractivity contribution in [2.45, 2.75) is 123 Å². The zero-order valence-electron chi connectivity index (χ0n) is 19.8. The maximum Gasteiger partial charge on any atom is 0.188 e. The molecule has 0 aliphatic heterocycles. The van der Waals surface area contributed by atoms with E-state index in [4.69, 9.17) is 18.9 Å². The summed E-state index contributed by atoms with van der Waals surface area (Å²) in [6.07, 6.45) is 22.2. The minimum absolute atomic E-state index is 0.00960. The fraction of sp³-hybridized carbons (Fsp3) is 0.920. The Balaban J connectivity index is 3.31. The Morgan fingerprint density at radius 1 is 0.621 bits per heavy atom. The molecule has 0 spiro atoms. The molecule has 174 valence electrons. The van der Waals surface area contributed by atoms with Crippen molar-refractivity contribution < 1.29 is 18.9 Å². The lowest BCUT2D eigenvalue weighted by Crippen LogP contribution is -2.18. The van der Waals surface area contributed by atoms with Crippen molar-refractivity contribution in [2.75, 3.05) is 26.6 Å². The van der Waals surface area contributed by atoms with Crippen LogP contribution in [0.15, 0.2) is 12.3 Å². The molecule has 0 aromatic rings. The first-order valence-electron chi connectivity index (χ1n) is 12.4. The van der Waals surface area contributed by atoms with Crippen molar-refractivity contribution in [1.29, 1.82) is 0 Å². The Kier molecular flexibility index (Phi) is 24.9. The lowest BCUT2D eigenvalue weighted by molar-refractivity contribution is -0.146. The van der Waals surface area contributed by atoms with E-state index in [1.54, 1.807) is 6.26 Å². The molecule has 0 saturated carbocycles. The Morgan fingerprint density at radius 3 is 1.90 bits per heavy atom. The number of hydrogen-bond donors (Lipinski definition) is 0. The van der Waals surface area contributed by atoms with Gasteiger partial charge in [-0.1, -0.05) is 72.1 Å². The van der Waals surface area contributed by atoms with E-state index in [0.717, 1.165) is 51.9 Å². The van der Waals surface area contributed by atoms with Crippen molar-refractivity contribution in [2.24, 2.45) is 0 Å². The number of unbranched alkanes of at least 4 members (excludes halogenated alkanes) is 10. The molecule has 0 atom stereocenters. The molecule has 4 nitrogen and oxygen atoms in total. The van der Waals surface area contributed by atoms with E-state index < -0.39 is 0 Å². The average Bonchev–Trinajstić information content (AvgIpc) is 2.74. The van der Waals surface area contributed by atoms with Gasteiger partial charge >= 0.3 is 0 Å². The zero-order valence-corrected chi connectivity index (χ0v) is 19.8. The number of rotatable bonds is 24. The van der Waals surface area contributed by atoms with E-state index >= 15 is 0 Å². The van der Waals surface area contributed by atoms with Gasteiger partial charge < -0.3 is 18.9 Å². The van der Waals surface area contributed by atoms with Crippen LogP contribution in [0.5, 0.6) is 0 Å². The quantitative estimate of drug-likeness (QED) is 0.0918. The SMILES string of the molecule is CCCCCCOCOC=CCCCCCCCCCC(OCCC)OCCC. The molecular weight excluding hydrogens is 364 g/mol. The van der Waals surface area contributed by atoms with Gasteiger partial charge in [0, 0.05) is 13.2 Å². The van der Waals surface area contributed by atoms with Gasteiger partial charge in [0.15, 0.2) is 13.1 Å². The maximum absolute atomic E-state index is 5.78. The molecule has 0 N–H and O–H groups in total. The lowest BCUT2D eigenvalue weighted by Gasteiger charge is -2.18. The topological polar surface area (TPSA) is 36.9 Å². The van der Waals surface area contributed by atoms with Crippen molar-refractivity contribution >= 4 is 0 Å². The largest absolute Gasteiger partial charge is 0.475 e. The molecule has 0 amide bonds. The summed E-state index contributed by atoms with van der Waals surface area (Å²) < 4.78 is 22.4. The molecule has 0 unspecified atom stereocenters. The van der Waals surface area contributed by atoms with E-state index in [-0.39, 0.29) is 6.29 Å². The predicted molar refractivity (Wildman–Crippen MR) is 123 cm³/mol. The smallest absolute Gasteiger partial charge is 0.188 e. The Hall–Kier alpha value is -0.580. The highest BCUT2D eigenvalue weighted by molar-refractivity contribution is 4.72. The molecule has 0 fully saturated rings. The average molecular weight is 415 g/mol. The van der Waals surface area contributed by atoms with Gasteiger partial charge in [-0.05, 0) is 51.0 Å². The third-order valence-electron chi connectivity index (χ3n) is 4.81. The molecule has 0 radical (unpaired) electrons. The van der Waals surface area contributed by atoms with Crippen LogP contribution in [-0.4, -0.2) is 32.9 Å². The fourth-order valence-electron chi connectivity index (χ4n) is 3.08. The summed E-state index contributed by atoms with van der Waals surface area (Å²) >= 11 is 0. The minimum Gasteiger partial charge on any atom is -0.475 e. The summed E-state index contributed by atoms with van der Waals surface area (Å²) in [6.45, 7) is 9.32. The van der Waals surface area contributed by atoms with Crippen LogP contribution in [0.1, 0.15) is 117 Å². The molecule has 0 aliphatic rings. The second kappa shape index (κ2) is 25.5. The van der Waals surface area contributed by atoms with Gasteiger partial charge in [0.2, 0.25) is 0 Å². The highest BCUT2D eigenvalue weighted by Crippen LogP contribution is 2.13. The van der Waals surface area contributed by atoms with Crippen LogP contribution in [0.3, 0.4) is 0 Å². The van der Waals surface area contributed by atoms with E-state index in [9.17, 15) is 0 Å². The fourth-order valence-corrected chi connectivity index (χ4v) is 3.08. The van der Waals surface area contributed by atoms with Crippen molar-refractivity contribution in [3.05, 3.63) is 12.3 Å². The van der Waals surface area contributed by atoms with Gasteiger partial charge in [0.25, 0.3) is 0 Å². The Morgan fingerprint density at radius 2 is 1.24 bits per heavy atom. The third-order valence-corrected chi connectivity index (χ3v) is 4.81. The third kappa shape index (κ3) is 23.6. The second-order valence-corrected chi connectivity index (χ2v) is 7.85. The predicted octanol–water partition coefficient (Wildman–Crippen LogP) is 7.76. The van der Waals surface area contributed by atoms with Gasteiger partial charge in [-0.15, -0.1) is 0 Å². The van der Waals surface area contributed by atoms with Crippen molar-refractivity contribution in [1.82, 2.24) is 0 Å². The summed E-state index contributed by atoms with van der Waals surface area (Å²) in [4.78, 5) is 0. The molecule has 4 heteroatoms. The van der Waals surface area contributed by atoms with Gasteiger partial charge in [-0.3, -0.25) is 0 Å². The number of ether oxygens (including phenoxy) is 4. The van der Waals surface area contributed by atoms with Crippen LogP contribution in [0, 0.1) is 0 Å². The molecule has 29 heavy (non-hydrogen) atoms. The molecule has 0 heterocycles. The van der Waals surface area contributed by atoms with Crippen LogP contribution in [0.2, 0.25) is 0 Å². The number of allylic oxidation sites excluding steroid dienone is 1. The van der Waals surface area contributed by atoms with Gasteiger partial charge in [0.1, 0.15) is 0 Å². The zero-order chi connectivity index (χ0) is 21.3. The summed E-state index contributed by atoms with van der Waals surface area (Å²) in [7, 11) is 0. The van der Waals surface area contributed by atoms with Crippen LogP contribution in [0.4, 0.5) is 0 Å².